The smallest absolute Gasteiger partial charge is 0.0379 e. The number of allylic oxidation sites excluding steroid dienone is 2. The highest BCUT2D eigenvalue weighted by atomic mass is 13.6. The lowest BCUT2D eigenvalue weighted by atomic mass is 10.4. The molecule has 0 aromatic rings. The maximum absolute atomic E-state index is 2.12. The van der Waals surface area contributed by atoms with E-state index in [1.165, 1.54) is 0 Å². The van der Waals surface area contributed by atoms with Crippen molar-refractivity contribution in [1.29, 1.82) is 0 Å². The molecular formula is C7H16. The second-order valence-electron chi connectivity index (χ2n) is 0.977. The standard InChI is InChI=1S/C5H10.C2H6/c1-3-5-4-2;1-2/h3,5H,4H2,1-2H3;1-2H3/b5-3-;. The van der Waals surface area contributed by atoms with Crippen molar-refractivity contribution >= 4 is 0 Å². The van der Waals surface area contributed by atoms with Crippen LogP contribution in [0, 0.1) is 0 Å². The normalized spacial score (nSPS) is 8.00. The predicted molar refractivity (Wildman–Crippen MR) is 36.5 cm³/mol. The van der Waals surface area contributed by atoms with Crippen LogP contribution in [0.1, 0.15) is 34.1 Å². The first-order chi connectivity index (χ1) is 3.41. The van der Waals surface area contributed by atoms with E-state index in [2.05, 4.69) is 19.1 Å². The molecule has 0 aliphatic carbocycles. The summed E-state index contributed by atoms with van der Waals surface area (Å²) in [7, 11) is 0. The van der Waals surface area contributed by atoms with Gasteiger partial charge in [0, 0.05) is 0 Å². The van der Waals surface area contributed by atoms with Crippen LogP contribution in [0.25, 0.3) is 0 Å². The molecule has 0 radical (unpaired) electrons. The summed E-state index contributed by atoms with van der Waals surface area (Å²) in [4.78, 5) is 0. The molecule has 0 fully saturated rings. The van der Waals surface area contributed by atoms with Gasteiger partial charge in [0.05, 0.1) is 0 Å². The highest BCUT2D eigenvalue weighted by Gasteiger charge is 1.52. The zero-order valence-corrected chi connectivity index (χ0v) is 5.86. The Bertz CT molecular complexity index is 27.0. The maximum atomic E-state index is 2.12. The van der Waals surface area contributed by atoms with Crippen LogP contribution in [-0.2, 0) is 0 Å². The average Bonchev–Trinajstić information content (AvgIpc) is 1.75. The van der Waals surface area contributed by atoms with Crippen LogP contribution in [0.4, 0.5) is 0 Å². The van der Waals surface area contributed by atoms with E-state index >= 15 is 0 Å². The molecule has 0 nitrogen and oxygen atoms in total. The van der Waals surface area contributed by atoms with E-state index in [0.717, 1.165) is 6.42 Å². The Morgan fingerprint density at radius 2 is 1.71 bits per heavy atom. The van der Waals surface area contributed by atoms with Crippen molar-refractivity contribution in [3.05, 3.63) is 12.2 Å². The summed E-state index contributed by atoms with van der Waals surface area (Å²) in [5, 5.41) is 0. The molecule has 0 aliphatic rings. The van der Waals surface area contributed by atoms with Crippen molar-refractivity contribution in [3.8, 4) is 0 Å². The van der Waals surface area contributed by atoms with Gasteiger partial charge in [0.1, 0.15) is 0 Å². The fourth-order valence-corrected chi connectivity index (χ4v) is 0.236. The van der Waals surface area contributed by atoms with Crippen molar-refractivity contribution in [2.45, 2.75) is 34.1 Å². The average molecular weight is 100 g/mol. The largest absolute Gasteiger partial charge is 0.0917 e. The lowest BCUT2D eigenvalue weighted by Gasteiger charge is -1.65. The van der Waals surface area contributed by atoms with Crippen molar-refractivity contribution < 1.29 is 0 Å². The Labute approximate surface area is 47.2 Å². The number of hydrogen-bond donors (Lipinski definition) is 0. The summed E-state index contributed by atoms with van der Waals surface area (Å²) in [5.41, 5.74) is 0. The first-order valence-electron chi connectivity index (χ1n) is 3.03. The molecule has 0 rings (SSSR count). The minimum atomic E-state index is 1.16. The third kappa shape index (κ3) is 26.5. The molecule has 0 heterocycles. The molecule has 0 spiro atoms. The number of hydrogen-bond acceptors (Lipinski definition) is 0. The van der Waals surface area contributed by atoms with E-state index in [9.17, 15) is 0 Å². The van der Waals surface area contributed by atoms with Crippen LogP contribution in [0.2, 0.25) is 0 Å². The van der Waals surface area contributed by atoms with Crippen LogP contribution >= 0.6 is 0 Å². The molecule has 0 aromatic heterocycles. The van der Waals surface area contributed by atoms with Gasteiger partial charge in [0.15, 0.2) is 0 Å². The molecule has 0 amide bonds. The molecule has 0 atom stereocenters. The fourth-order valence-electron chi connectivity index (χ4n) is 0.236. The highest BCUT2D eigenvalue weighted by Crippen LogP contribution is 1.73. The van der Waals surface area contributed by atoms with Gasteiger partial charge >= 0.3 is 0 Å². The summed E-state index contributed by atoms with van der Waals surface area (Å²) in [5.74, 6) is 0. The van der Waals surface area contributed by atoms with Crippen molar-refractivity contribution in [1.82, 2.24) is 0 Å². The molecule has 0 aromatic carbocycles. The summed E-state index contributed by atoms with van der Waals surface area (Å²) >= 11 is 0. The quantitative estimate of drug-likeness (QED) is 0.444. The minimum absolute atomic E-state index is 1.16. The van der Waals surface area contributed by atoms with E-state index in [0.29, 0.717) is 0 Å². The van der Waals surface area contributed by atoms with E-state index < -0.39 is 0 Å². The zero-order chi connectivity index (χ0) is 6.12. The van der Waals surface area contributed by atoms with Gasteiger partial charge in [-0.1, -0.05) is 32.9 Å². The Morgan fingerprint density at radius 1 is 1.29 bits per heavy atom. The molecule has 0 saturated carbocycles. The predicted octanol–water partition coefficient (Wildman–Crippen LogP) is 3.00. The summed E-state index contributed by atoms with van der Waals surface area (Å²) < 4.78 is 0. The van der Waals surface area contributed by atoms with Gasteiger partial charge in [0.2, 0.25) is 0 Å². The van der Waals surface area contributed by atoms with Crippen LogP contribution < -0.4 is 0 Å². The Kier molecular flexibility index (Phi) is 24.3. The van der Waals surface area contributed by atoms with Crippen molar-refractivity contribution in [3.63, 3.8) is 0 Å². The first kappa shape index (κ1) is 9.88. The van der Waals surface area contributed by atoms with E-state index in [-0.39, 0.29) is 0 Å². The van der Waals surface area contributed by atoms with Gasteiger partial charge in [-0.25, -0.2) is 0 Å². The van der Waals surface area contributed by atoms with Gasteiger partial charge in [0.25, 0.3) is 0 Å². The topological polar surface area (TPSA) is 0 Å². The molecule has 7 heavy (non-hydrogen) atoms. The van der Waals surface area contributed by atoms with Gasteiger partial charge in [-0.3, -0.25) is 0 Å². The lowest BCUT2D eigenvalue weighted by molar-refractivity contribution is 1.22. The van der Waals surface area contributed by atoms with E-state index in [4.69, 9.17) is 0 Å². The molecular weight excluding hydrogens is 84.1 g/mol. The van der Waals surface area contributed by atoms with Gasteiger partial charge in [-0.05, 0) is 13.3 Å². The summed E-state index contributed by atoms with van der Waals surface area (Å²) in [6.07, 6.45) is 5.34. The van der Waals surface area contributed by atoms with Gasteiger partial charge in [-0.2, -0.15) is 0 Å². The minimum Gasteiger partial charge on any atom is -0.0917 e. The molecule has 0 bridgehead atoms. The van der Waals surface area contributed by atoms with Crippen LogP contribution in [0.5, 0.6) is 0 Å². The third-order valence-electron chi connectivity index (χ3n) is 0.471. The maximum Gasteiger partial charge on any atom is -0.0379 e. The summed E-state index contributed by atoms with van der Waals surface area (Å²) in [6.45, 7) is 8.16. The molecule has 0 unspecified atom stereocenters. The summed E-state index contributed by atoms with van der Waals surface area (Å²) in [6, 6.07) is 0. The first-order valence-corrected chi connectivity index (χ1v) is 3.03. The Balaban J connectivity index is 0. The second kappa shape index (κ2) is 17.2. The highest BCUT2D eigenvalue weighted by molar-refractivity contribution is 4.73. The molecule has 44 valence electrons. The third-order valence-corrected chi connectivity index (χ3v) is 0.471. The van der Waals surface area contributed by atoms with E-state index in [1.54, 1.807) is 0 Å². The van der Waals surface area contributed by atoms with E-state index in [1.807, 2.05) is 20.8 Å². The molecule has 0 saturated heterocycles. The SMILES string of the molecule is C/C=C\CC.CC. The molecule has 0 aliphatic heterocycles. The van der Waals surface area contributed by atoms with Gasteiger partial charge in [-0.15, -0.1) is 0 Å². The lowest BCUT2D eigenvalue weighted by Crippen LogP contribution is -1.43. The van der Waals surface area contributed by atoms with Crippen LogP contribution in [-0.4, -0.2) is 0 Å². The Hall–Kier alpha value is -0.260. The van der Waals surface area contributed by atoms with Crippen molar-refractivity contribution in [2.75, 3.05) is 0 Å². The zero-order valence-electron chi connectivity index (χ0n) is 5.86. The second-order valence-corrected chi connectivity index (χ2v) is 0.977. The number of rotatable bonds is 1. The molecule has 0 N–H and O–H groups in total. The Morgan fingerprint density at radius 3 is 1.71 bits per heavy atom. The van der Waals surface area contributed by atoms with Gasteiger partial charge < -0.3 is 0 Å². The molecule has 0 heteroatoms. The monoisotopic (exact) mass is 100 g/mol. The fraction of sp³-hybridized carbons (Fsp3) is 0.714. The van der Waals surface area contributed by atoms with Crippen LogP contribution in [0.15, 0.2) is 12.2 Å². The van der Waals surface area contributed by atoms with Crippen molar-refractivity contribution in [2.24, 2.45) is 0 Å². The van der Waals surface area contributed by atoms with Crippen LogP contribution in [0.3, 0.4) is 0 Å².